The van der Waals surface area contributed by atoms with Crippen LogP contribution in [0.15, 0.2) is 23.1 Å². The molecule has 0 saturated carbocycles. The third kappa shape index (κ3) is 4.38. The van der Waals surface area contributed by atoms with E-state index in [9.17, 15) is 8.42 Å². The number of hydrogen-bond acceptors (Lipinski definition) is 4. The Bertz CT molecular complexity index is 485. The van der Waals surface area contributed by atoms with Crippen LogP contribution in [-0.2, 0) is 9.05 Å². The Morgan fingerprint density at radius 2 is 1.72 bits per heavy atom. The van der Waals surface area contributed by atoms with Crippen LogP contribution < -0.4 is 9.47 Å². The van der Waals surface area contributed by atoms with Gasteiger partial charge < -0.3 is 9.47 Å². The van der Waals surface area contributed by atoms with E-state index in [0.29, 0.717) is 19.0 Å². The molecule has 0 spiro atoms. The van der Waals surface area contributed by atoms with Gasteiger partial charge in [0.15, 0.2) is 0 Å². The van der Waals surface area contributed by atoms with E-state index in [2.05, 4.69) is 0 Å². The second kappa shape index (κ2) is 6.85. The fraction of sp³-hybridized carbons (Fsp3) is 0.500. The Balaban J connectivity index is 3.04. The normalized spacial score (nSPS) is 11.3. The van der Waals surface area contributed by atoms with Gasteiger partial charge in [0.05, 0.1) is 13.2 Å². The molecule has 102 valence electrons. The Morgan fingerprint density at radius 1 is 1.11 bits per heavy atom. The molecule has 0 unspecified atom stereocenters. The maximum absolute atomic E-state index is 11.4. The highest BCUT2D eigenvalue weighted by Gasteiger charge is 2.17. The van der Waals surface area contributed by atoms with Gasteiger partial charge in [0, 0.05) is 16.7 Å². The van der Waals surface area contributed by atoms with Crippen LogP contribution in [0.25, 0.3) is 0 Å². The lowest BCUT2D eigenvalue weighted by Crippen LogP contribution is -2.02. The molecule has 1 aromatic rings. The van der Waals surface area contributed by atoms with Gasteiger partial charge in [-0.1, -0.05) is 13.8 Å². The average Bonchev–Trinajstić information content (AvgIpc) is 2.32. The van der Waals surface area contributed by atoms with E-state index in [0.717, 1.165) is 12.8 Å². The maximum atomic E-state index is 11.4. The summed E-state index contributed by atoms with van der Waals surface area (Å²) in [6.07, 6.45) is 1.66. The second-order valence-electron chi connectivity index (χ2n) is 3.74. The molecule has 0 heterocycles. The largest absolute Gasteiger partial charge is 0.493 e. The van der Waals surface area contributed by atoms with E-state index in [1.165, 1.54) is 6.07 Å². The second-order valence-corrected chi connectivity index (χ2v) is 6.28. The first kappa shape index (κ1) is 15.1. The zero-order chi connectivity index (χ0) is 13.6. The minimum Gasteiger partial charge on any atom is -0.493 e. The van der Waals surface area contributed by atoms with Crippen molar-refractivity contribution in [2.75, 3.05) is 13.2 Å². The van der Waals surface area contributed by atoms with Crippen molar-refractivity contribution >= 4 is 19.7 Å². The van der Waals surface area contributed by atoms with Crippen molar-refractivity contribution in [3.8, 4) is 11.5 Å². The van der Waals surface area contributed by atoms with E-state index < -0.39 is 9.05 Å². The molecule has 0 bridgehead atoms. The molecule has 0 radical (unpaired) electrons. The molecule has 0 fully saturated rings. The first-order valence-corrected chi connectivity index (χ1v) is 8.14. The van der Waals surface area contributed by atoms with Crippen LogP contribution in [0.2, 0.25) is 0 Å². The molecule has 18 heavy (non-hydrogen) atoms. The van der Waals surface area contributed by atoms with Crippen molar-refractivity contribution in [1.29, 1.82) is 0 Å². The third-order valence-electron chi connectivity index (χ3n) is 2.11. The van der Waals surface area contributed by atoms with Crippen LogP contribution in [0.5, 0.6) is 11.5 Å². The van der Waals surface area contributed by atoms with E-state index >= 15 is 0 Å². The Hall–Kier alpha value is -0.940. The molecular weight excluding hydrogens is 276 g/mol. The molecule has 0 atom stereocenters. The van der Waals surface area contributed by atoms with Crippen molar-refractivity contribution in [1.82, 2.24) is 0 Å². The average molecular weight is 293 g/mol. The van der Waals surface area contributed by atoms with E-state index in [1.54, 1.807) is 12.1 Å². The SMILES string of the molecule is CCCOc1ccc(S(=O)(=O)Cl)c(OCCC)c1. The predicted molar refractivity (Wildman–Crippen MR) is 71.1 cm³/mol. The van der Waals surface area contributed by atoms with Gasteiger partial charge in [-0.05, 0) is 25.0 Å². The van der Waals surface area contributed by atoms with Crippen molar-refractivity contribution in [3.63, 3.8) is 0 Å². The van der Waals surface area contributed by atoms with Gasteiger partial charge in [-0.2, -0.15) is 0 Å². The highest BCUT2D eigenvalue weighted by atomic mass is 35.7. The Morgan fingerprint density at radius 3 is 2.28 bits per heavy atom. The summed E-state index contributed by atoms with van der Waals surface area (Å²) in [6, 6.07) is 4.53. The topological polar surface area (TPSA) is 52.6 Å². The van der Waals surface area contributed by atoms with Crippen LogP contribution in [0.4, 0.5) is 0 Å². The molecule has 0 aliphatic rings. The molecule has 0 N–H and O–H groups in total. The van der Waals surface area contributed by atoms with Crippen molar-refractivity contribution in [2.24, 2.45) is 0 Å². The summed E-state index contributed by atoms with van der Waals surface area (Å²) in [4.78, 5) is -0.0264. The maximum Gasteiger partial charge on any atom is 0.264 e. The van der Waals surface area contributed by atoms with Gasteiger partial charge in [0.2, 0.25) is 0 Å². The van der Waals surface area contributed by atoms with E-state index in [4.69, 9.17) is 20.2 Å². The lowest BCUT2D eigenvalue weighted by atomic mass is 10.3. The fourth-order valence-electron chi connectivity index (χ4n) is 1.32. The van der Waals surface area contributed by atoms with E-state index in [-0.39, 0.29) is 10.6 Å². The summed E-state index contributed by atoms with van der Waals surface area (Å²) in [5.74, 6) is 0.812. The van der Waals surface area contributed by atoms with Crippen LogP contribution >= 0.6 is 10.7 Å². The minimum absolute atomic E-state index is 0.0264. The lowest BCUT2D eigenvalue weighted by Gasteiger charge is -2.11. The quantitative estimate of drug-likeness (QED) is 0.724. The monoisotopic (exact) mass is 292 g/mol. The highest BCUT2D eigenvalue weighted by Crippen LogP contribution is 2.31. The molecule has 0 aliphatic carbocycles. The summed E-state index contributed by atoms with van der Waals surface area (Å²) >= 11 is 0. The number of halogens is 1. The number of rotatable bonds is 7. The number of benzene rings is 1. The highest BCUT2D eigenvalue weighted by molar-refractivity contribution is 8.13. The minimum atomic E-state index is -3.81. The molecule has 6 heteroatoms. The van der Waals surface area contributed by atoms with Crippen molar-refractivity contribution < 1.29 is 17.9 Å². The molecule has 0 saturated heterocycles. The van der Waals surface area contributed by atoms with Crippen molar-refractivity contribution in [2.45, 2.75) is 31.6 Å². The van der Waals surface area contributed by atoms with Gasteiger partial charge >= 0.3 is 0 Å². The molecule has 0 amide bonds. The third-order valence-corrected chi connectivity index (χ3v) is 3.47. The molecule has 1 rings (SSSR count). The molecular formula is C12H17ClO4S. The Kier molecular flexibility index (Phi) is 5.75. The Labute approximate surface area is 112 Å². The van der Waals surface area contributed by atoms with Crippen LogP contribution in [-0.4, -0.2) is 21.6 Å². The van der Waals surface area contributed by atoms with Gasteiger partial charge in [-0.3, -0.25) is 0 Å². The summed E-state index contributed by atoms with van der Waals surface area (Å²) < 4.78 is 33.6. The first-order chi connectivity index (χ1) is 8.49. The summed E-state index contributed by atoms with van der Waals surface area (Å²) in [5.41, 5.74) is 0. The van der Waals surface area contributed by atoms with Crippen LogP contribution in [0, 0.1) is 0 Å². The number of ether oxygens (including phenoxy) is 2. The number of hydrogen-bond donors (Lipinski definition) is 0. The molecule has 1 aromatic carbocycles. The smallest absolute Gasteiger partial charge is 0.264 e. The molecule has 0 aromatic heterocycles. The lowest BCUT2D eigenvalue weighted by molar-refractivity contribution is 0.296. The van der Waals surface area contributed by atoms with Crippen molar-refractivity contribution in [3.05, 3.63) is 18.2 Å². The van der Waals surface area contributed by atoms with Gasteiger partial charge in [-0.25, -0.2) is 8.42 Å². The van der Waals surface area contributed by atoms with Crippen LogP contribution in [0.3, 0.4) is 0 Å². The van der Waals surface area contributed by atoms with Gasteiger partial charge in [-0.15, -0.1) is 0 Å². The predicted octanol–water partition coefficient (Wildman–Crippen LogP) is 3.19. The van der Waals surface area contributed by atoms with E-state index in [1.807, 2.05) is 13.8 Å². The fourth-order valence-corrected chi connectivity index (χ4v) is 2.30. The van der Waals surface area contributed by atoms with Gasteiger partial charge in [0.1, 0.15) is 16.4 Å². The van der Waals surface area contributed by atoms with Gasteiger partial charge in [0.25, 0.3) is 9.05 Å². The molecule has 4 nitrogen and oxygen atoms in total. The summed E-state index contributed by atoms with van der Waals surface area (Å²) in [5, 5.41) is 0. The summed E-state index contributed by atoms with van der Waals surface area (Å²) in [7, 11) is 1.54. The van der Waals surface area contributed by atoms with Crippen LogP contribution in [0.1, 0.15) is 26.7 Å². The zero-order valence-corrected chi connectivity index (χ0v) is 12.1. The molecule has 0 aliphatic heterocycles. The first-order valence-electron chi connectivity index (χ1n) is 5.83. The standard InChI is InChI=1S/C12H17ClO4S/c1-3-7-16-10-5-6-12(18(13,14)15)11(9-10)17-8-4-2/h5-6,9H,3-4,7-8H2,1-2H3. The zero-order valence-electron chi connectivity index (χ0n) is 10.5. The summed E-state index contributed by atoms with van der Waals surface area (Å²) in [6.45, 7) is 4.93.